The van der Waals surface area contributed by atoms with Gasteiger partial charge in [0.15, 0.2) is 11.0 Å². The molecule has 2 aromatic rings. The zero-order valence-electron chi connectivity index (χ0n) is 9.54. The molecule has 0 saturated heterocycles. The van der Waals surface area contributed by atoms with Crippen molar-refractivity contribution in [3.63, 3.8) is 0 Å². The van der Waals surface area contributed by atoms with E-state index in [4.69, 9.17) is 5.73 Å². The van der Waals surface area contributed by atoms with E-state index in [0.29, 0.717) is 12.3 Å². The van der Waals surface area contributed by atoms with E-state index in [1.807, 2.05) is 18.5 Å². The first-order chi connectivity index (χ1) is 7.70. The molecule has 0 aromatic carbocycles. The van der Waals surface area contributed by atoms with Gasteiger partial charge < -0.3 is 10.3 Å². The molecule has 2 rings (SSSR count). The molecule has 0 unspecified atom stereocenters. The van der Waals surface area contributed by atoms with Crippen molar-refractivity contribution in [3.05, 3.63) is 17.5 Å². The van der Waals surface area contributed by atoms with Crippen molar-refractivity contribution in [2.24, 2.45) is 12.8 Å². The molecule has 9 heteroatoms. The first-order valence-electron chi connectivity index (χ1n) is 4.79. The minimum absolute atomic E-state index is 0. The SMILES string of the molecule is Cc1nc(CSc2nnc(CN)n2C)n[nH]1.Cl. The van der Waals surface area contributed by atoms with Gasteiger partial charge in [-0.05, 0) is 6.92 Å². The van der Waals surface area contributed by atoms with Gasteiger partial charge in [0.25, 0.3) is 0 Å². The van der Waals surface area contributed by atoms with Crippen molar-refractivity contribution >= 4 is 24.2 Å². The average Bonchev–Trinajstić information content (AvgIpc) is 2.83. The van der Waals surface area contributed by atoms with Crippen LogP contribution in [-0.4, -0.2) is 29.9 Å². The maximum Gasteiger partial charge on any atom is 0.191 e. The second kappa shape index (κ2) is 5.99. The van der Waals surface area contributed by atoms with Gasteiger partial charge in [0.1, 0.15) is 11.6 Å². The summed E-state index contributed by atoms with van der Waals surface area (Å²) in [6.07, 6.45) is 0. The summed E-state index contributed by atoms with van der Waals surface area (Å²) in [4.78, 5) is 4.21. The Labute approximate surface area is 109 Å². The molecular weight excluding hydrogens is 262 g/mol. The predicted octanol–water partition coefficient (Wildman–Crippen LogP) is 0.414. The molecule has 0 atom stereocenters. The second-order valence-electron chi connectivity index (χ2n) is 3.29. The molecule has 0 amide bonds. The van der Waals surface area contributed by atoms with E-state index in [1.165, 1.54) is 11.8 Å². The van der Waals surface area contributed by atoms with Gasteiger partial charge in [-0.25, -0.2) is 4.98 Å². The maximum absolute atomic E-state index is 5.51. The smallest absolute Gasteiger partial charge is 0.191 e. The Morgan fingerprint density at radius 3 is 2.71 bits per heavy atom. The minimum Gasteiger partial charge on any atom is -0.324 e. The molecule has 0 aliphatic heterocycles. The van der Waals surface area contributed by atoms with Crippen LogP contribution in [0.2, 0.25) is 0 Å². The summed E-state index contributed by atoms with van der Waals surface area (Å²) in [5.41, 5.74) is 5.51. The molecule has 0 saturated carbocycles. The first-order valence-corrected chi connectivity index (χ1v) is 5.78. The highest BCUT2D eigenvalue weighted by atomic mass is 35.5. The summed E-state index contributed by atoms with van der Waals surface area (Å²) in [6.45, 7) is 2.26. The highest BCUT2D eigenvalue weighted by Crippen LogP contribution is 2.18. The topological polar surface area (TPSA) is 98.3 Å². The number of nitrogens with two attached hydrogens (primary N) is 1. The fraction of sp³-hybridized carbons (Fsp3) is 0.500. The van der Waals surface area contributed by atoms with Crippen LogP contribution < -0.4 is 5.73 Å². The van der Waals surface area contributed by atoms with Gasteiger partial charge in [-0.1, -0.05) is 11.8 Å². The number of nitrogens with one attached hydrogen (secondary N) is 1. The lowest BCUT2D eigenvalue weighted by Crippen LogP contribution is -2.05. The molecule has 0 spiro atoms. The van der Waals surface area contributed by atoms with E-state index < -0.39 is 0 Å². The number of aromatic nitrogens is 6. The minimum atomic E-state index is 0. The van der Waals surface area contributed by atoms with Gasteiger partial charge in [0.05, 0.1) is 12.3 Å². The quantitative estimate of drug-likeness (QED) is 0.785. The third kappa shape index (κ3) is 3.18. The molecule has 7 nitrogen and oxygen atoms in total. The Bertz CT molecular complexity index is 480. The molecule has 2 aromatic heterocycles. The van der Waals surface area contributed by atoms with Crippen LogP contribution in [-0.2, 0) is 19.3 Å². The Kier molecular flexibility index (Phi) is 4.91. The molecule has 0 aliphatic carbocycles. The summed E-state index contributed by atoms with van der Waals surface area (Å²) in [7, 11) is 1.90. The van der Waals surface area contributed by atoms with Crippen LogP contribution in [0.5, 0.6) is 0 Å². The molecule has 0 fully saturated rings. The van der Waals surface area contributed by atoms with Gasteiger partial charge in [0.2, 0.25) is 0 Å². The fourth-order valence-electron chi connectivity index (χ4n) is 1.23. The lowest BCUT2D eigenvalue weighted by molar-refractivity contribution is 0.734. The summed E-state index contributed by atoms with van der Waals surface area (Å²) >= 11 is 1.54. The first kappa shape index (κ1) is 13.9. The van der Waals surface area contributed by atoms with Gasteiger partial charge in [-0.2, -0.15) is 5.10 Å². The van der Waals surface area contributed by atoms with Crippen molar-refractivity contribution < 1.29 is 0 Å². The summed E-state index contributed by atoms with van der Waals surface area (Å²) in [6, 6.07) is 0. The molecule has 2 heterocycles. The summed E-state index contributed by atoms with van der Waals surface area (Å²) in [5.74, 6) is 3.02. The van der Waals surface area contributed by atoms with E-state index >= 15 is 0 Å². The Hall–Kier alpha value is -1.12. The lowest BCUT2D eigenvalue weighted by atomic mass is 10.6. The third-order valence-electron chi connectivity index (χ3n) is 2.08. The zero-order valence-corrected chi connectivity index (χ0v) is 11.2. The average molecular weight is 276 g/mol. The van der Waals surface area contributed by atoms with Crippen LogP contribution >= 0.6 is 24.2 Å². The van der Waals surface area contributed by atoms with Crippen molar-refractivity contribution in [2.75, 3.05) is 0 Å². The number of halogens is 1. The molecule has 3 N–H and O–H groups in total. The molecule has 94 valence electrons. The Morgan fingerprint density at radius 1 is 1.41 bits per heavy atom. The number of thioether (sulfide) groups is 1. The van der Waals surface area contributed by atoms with Gasteiger partial charge >= 0.3 is 0 Å². The number of H-pyrrole nitrogens is 1. The standard InChI is InChI=1S/C8H13N7S.ClH/c1-5-10-6(12-11-5)4-16-8-14-13-7(3-9)15(8)2;/h3-4,9H2,1-2H3,(H,10,11,12);1H. The molecule has 0 aliphatic rings. The van der Waals surface area contributed by atoms with Crippen molar-refractivity contribution in [2.45, 2.75) is 24.4 Å². The van der Waals surface area contributed by atoms with Crippen LogP contribution in [0.3, 0.4) is 0 Å². The number of hydrogen-bond donors (Lipinski definition) is 2. The molecule has 0 bridgehead atoms. The normalized spacial score (nSPS) is 10.3. The fourth-order valence-corrected chi connectivity index (χ4v) is 2.02. The van der Waals surface area contributed by atoms with Gasteiger partial charge in [-0.15, -0.1) is 22.6 Å². The summed E-state index contributed by atoms with van der Waals surface area (Å²) in [5, 5.41) is 15.7. The largest absolute Gasteiger partial charge is 0.324 e. The van der Waals surface area contributed by atoms with Crippen LogP contribution in [0.1, 0.15) is 17.5 Å². The van der Waals surface area contributed by atoms with Crippen LogP contribution in [0, 0.1) is 6.92 Å². The van der Waals surface area contributed by atoms with Crippen molar-refractivity contribution in [3.8, 4) is 0 Å². The molecular formula is C8H14ClN7S. The van der Waals surface area contributed by atoms with E-state index in [0.717, 1.165) is 22.6 Å². The predicted molar refractivity (Wildman–Crippen MR) is 66.8 cm³/mol. The Morgan fingerprint density at radius 2 is 2.18 bits per heavy atom. The number of aromatic amines is 1. The Balaban J connectivity index is 0.00000144. The maximum atomic E-state index is 5.51. The molecule has 0 radical (unpaired) electrons. The lowest BCUT2D eigenvalue weighted by Gasteiger charge is -1.99. The van der Waals surface area contributed by atoms with E-state index in [1.54, 1.807) is 0 Å². The van der Waals surface area contributed by atoms with E-state index in [9.17, 15) is 0 Å². The highest BCUT2D eigenvalue weighted by molar-refractivity contribution is 7.98. The van der Waals surface area contributed by atoms with Crippen LogP contribution in [0.15, 0.2) is 5.16 Å². The third-order valence-corrected chi connectivity index (χ3v) is 3.10. The van der Waals surface area contributed by atoms with E-state index in [-0.39, 0.29) is 12.4 Å². The number of aryl methyl sites for hydroxylation is 1. The number of rotatable bonds is 4. The van der Waals surface area contributed by atoms with Crippen molar-refractivity contribution in [1.29, 1.82) is 0 Å². The summed E-state index contributed by atoms with van der Waals surface area (Å²) < 4.78 is 1.88. The van der Waals surface area contributed by atoms with Gasteiger partial charge in [0, 0.05) is 7.05 Å². The number of nitrogens with zero attached hydrogens (tertiary/aromatic N) is 5. The van der Waals surface area contributed by atoms with Gasteiger partial charge in [-0.3, -0.25) is 5.10 Å². The second-order valence-corrected chi connectivity index (χ2v) is 4.23. The highest BCUT2D eigenvalue weighted by Gasteiger charge is 2.09. The van der Waals surface area contributed by atoms with Crippen LogP contribution in [0.25, 0.3) is 0 Å². The molecule has 17 heavy (non-hydrogen) atoms. The monoisotopic (exact) mass is 275 g/mol. The van der Waals surface area contributed by atoms with Crippen LogP contribution in [0.4, 0.5) is 0 Å². The van der Waals surface area contributed by atoms with Crippen molar-refractivity contribution in [1.82, 2.24) is 29.9 Å². The number of hydrogen-bond acceptors (Lipinski definition) is 6. The van der Waals surface area contributed by atoms with E-state index in [2.05, 4.69) is 25.4 Å². The zero-order chi connectivity index (χ0) is 11.5.